The summed E-state index contributed by atoms with van der Waals surface area (Å²) in [7, 11) is -6.65. The number of nitrogens with zero attached hydrogens (tertiary/aromatic N) is 2. The van der Waals surface area contributed by atoms with E-state index in [1.165, 1.54) is 9.87 Å². The van der Waals surface area contributed by atoms with E-state index in [9.17, 15) is 21.6 Å². The maximum Gasteiger partial charge on any atom is 0.243 e. The van der Waals surface area contributed by atoms with Crippen LogP contribution in [0, 0.1) is 5.92 Å². The zero-order valence-corrected chi connectivity index (χ0v) is 20.5. The highest BCUT2D eigenvalue weighted by atomic mass is 32.2. The van der Waals surface area contributed by atoms with Gasteiger partial charge in [0, 0.05) is 31.6 Å². The first kappa shape index (κ1) is 23.7. The second-order valence-electron chi connectivity index (χ2n) is 9.40. The van der Waals surface area contributed by atoms with E-state index in [2.05, 4.69) is 0 Å². The fraction of sp³-hybridized carbons (Fsp3) is 0.696. The number of aryl methyl sites for hydroxylation is 2. The number of sulfonamides is 1. The number of piperidine rings is 1. The van der Waals surface area contributed by atoms with Crippen LogP contribution in [-0.4, -0.2) is 69.1 Å². The van der Waals surface area contributed by atoms with Crippen molar-refractivity contribution in [3.8, 4) is 0 Å². The maximum absolute atomic E-state index is 13.2. The van der Waals surface area contributed by atoms with Gasteiger partial charge in [-0.05, 0) is 74.6 Å². The van der Waals surface area contributed by atoms with Crippen LogP contribution in [0.25, 0.3) is 0 Å². The average Bonchev–Trinajstić information content (AvgIpc) is 3.16. The van der Waals surface area contributed by atoms with E-state index in [4.69, 9.17) is 0 Å². The molecule has 1 atom stereocenters. The fourth-order valence-corrected chi connectivity index (χ4v) is 8.58. The van der Waals surface area contributed by atoms with Crippen LogP contribution >= 0.6 is 0 Å². The normalized spacial score (nSPS) is 24.2. The molecule has 0 aromatic heterocycles. The fourth-order valence-electron chi connectivity index (χ4n) is 5.33. The molecule has 0 spiro atoms. The lowest BCUT2D eigenvalue weighted by Crippen LogP contribution is -2.48. The molecule has 1 aliphatic carbocycles. The third-order valence-corrected chi connectivity index (χ3v) is 10.8. The highest BCUT2D eigenvalue weighted by Gasteiger charge is 2.39. The standard InChI is InChI=1S/C23H34N2O5S2/c1-2-12-25(21-11-15-31(27,28)17-21)23(26)19-9-13-24(14-10-19)32(29,30)22-8-7-18-5-3-4-6-20(18)16-22/h7-8,16,19,21H,2-6,9-15,17H2,1H3. The third kappa shape index (κ3) is 4.89. The molecule has 1 amide bonds. The van der Waals surface area contributed by atoms with Crippen LogP contribution in [-0.2, 0) is 37.5 Å². The van der Waals surface area contributed by atoms with Gasteiger partial charge in [0.25, 0.3) is 0 Å². The molecule has 1 unspecified atom stereocenters. The van der Waals surface area contributed by atoms with Crippen LogP contribution in [0.4, 0.5) is 0 Å². The van der Waals surface area contributed by atoms with Crippen LogP contribution in [0.15, 0.2) is 23.1 Å². The van der Waals surface area contributed by atoms with Gasteiger partial charge in [0.05, 0.1) is 16.4 Å². The lowest BCUT2D eigenvalue weighted by atomic mass is 9.92. The van der Waals surface area contributed by atoms with Gasteiger partial charge in [0.2, 0.25) is 15.9 Å². The van der Waals surface area contributed by atoms with E-state index in [1.807, 2.05) is 19.1 Å². The number of benzene rings is 1. The van der Waals surface area contributed by atoms with E-state index >= 15 is 0 Å². The van der Waals surface area contributed by atoms with Crippen molar-refractivity contribution in [2.24, 2.45) is 5.92 Å². The summed E-state index contributed by atoms with van der Waals surface area (Å²) in [5, 5.41) is 0. The van der Waals surface area contributed by atoms with Crippen LogP contribution in [0.1, 0.15) is 56.6 Å². The molecule has 4 rings (SSSR count). The summed E-state index contributed by atoms with van der Waals surface area (Å²) in [6.45, 7) is 3.17. The van der Waals surface area contributed by atoms with Crippen molar-refractivity contribution in [1.29, 1.82) is 0 Å². The molecule has 178 valence electrons. The molecule has 0 radical (unpaired) electrons. The monoisotopic (exact) mass is 482 g/mol. The van der Waals surface area contributed by atoms with Gasteiger partial charge in [-0.3, -0.25) is 4.79 Å². The van der Waals surface area contributed by atoms with E-state index in [-0.39, 0.29) is 29.4 Å². The van der Waals surface area contributed by atoms with Crippen LogP contribution in [0.5, 0.6) is 0 Å². The van der Waals surface area contributed by atoms with E-state index in [0.717, 1.165) is 37.7 Å². The quantitative estimate of drug-likeness (QED) is 0.621. The Morgan fingerprint density at radius 1 is 1.09 bits per heavy atom. The third-order valence-electron chi connectivity index (χ3n) is 7.16. The topological polar surface area (TPSA) is 91.8 Å². The van der Waals surface area contributed by atoms with Gasteiger partial charge in [-0.25, -0.2) is 16.8 Å². The summed E-state index contributed by atoms with van der Waals surface area (Å²) >= 11 is 0. The molecule has 7 nitrogen and oxygen atoms in total. The lowest BCUT2D eigenvalue weighted by Gasteiger charge is -2.36. The van der Waals surface area contributed by atoms with Gasteiger partial charge >= 0.3 is 0 Å². The Bertz CT molecular complexity index is 1060. The number of carbonyl (C=O) groups is 1. The number of fused-ring (bicyclic) bond motifs is 1. The lowest BCUT2D eigenvalue weighted by molar-refractivity contribution is -0.138. The van der Waals surface area contributed by atoms with Crippen molar-refractivity contribution in [2.45, 2.75) is 69.2 Å². The first-order chi connectivity index (χ1) is 15.2. The second kappa shape index (κ2) is 9.43. The second-order valence-corrected chi connectivity index (χ2v) is 13.6. The molecule has 2 fully saturated rings. The molecule has 0 saturated carbocycles. The van der Waals surface area contributed by atoms with Crippen molar-refractivity contribution >= 4 is 25.8 Å². The summed E-state index contributed by atoms with van der Waals surface area (Å²) in [6.07, 6.45) is 6.42. The molecule has 0 bridgehead atoms. The van der Waals surface area contributed by atoms with E-state index in [0.29, 0.717) is 43.8 Å². The Labute approximate surface area is 192 Å². The molecule has 2 heterocycles. The smallest absolute Gasteiger partial charge is 0.243 e. The largest absolute Gasteiger partial charge is 0.338 e. The molecule has 3 aliphatic rings. The molecule has 2 saturated heterocycles. The molecule has 32 heavy (non-hydrogen) atoms. The van der Waals surface area contributed by atoms with Crippen molar-refractivity contribution < 1.29 is 21.6 Å². The first-order valence-electron chi connectivity index (χ1n) is 11.8. The number of carbonyl (C=O) groups excluding carboxylic acids is 1. The Morgan fingerprint density at radius 3 is 2.41 bits per heavy atom. The average molecular weight is 483 g/mol. The Balaban J connectivity index is 1.42. The molecule has 2 aliphatic heterocycles. The van der Waals surface area contributed by atoms with Crippen LogP contribution in [0.3, 0.4) is 0 Å². The van der Waals surface area contributed by atoms with Gasteiger partial charge in [0.1, 0.15) is 0 Å². The van der Waals surface area contributed by atoms with E-state index in [1.54, 1.807) is 11.0 Å². The highest BCUT2D eigenvalue weighted by molar-refractivity contribution is 7.91. The minimum atomic E-state index is -3.58. The van der Waals surface area contributed by atoms with Crippen molar-refractivity contribution in [3.05, 3.63) is 29.3 Å². The summed E-state index contributed by atoms with van der Waals surface area (Å²) in [5.74, 6) is -0.0768. The summed E-state index contributed by atoms with van der Waals surface area (Å²) in [5.41, 5.74) is 2.40. The van der Waals surface area contributed by atoms with Crippen molar-refractivity contribution in [1.82, 2.24) is 9.21 Å². The van der Waals surface area contributed by atoms with Crippen molar-refractivity contribution in [3.63, 3.8) is 0 Å². The van der Waals surface area contributed by atoms with Gasteiger partial charge in [0.15, 0.2) is 9.84 Å². The Morgan fingerprint density at radius 2 is 1.78 bits per heavy atom. The highest BCUT2D eigenvalue weighted by Crippen LogP contribution is 2.30. The predicted molar refractivity (Wildman–Crippen MR) is 124 cm³/mol. The minimum absolute atomic E-state index is 0.0141. The number of hydrogen-bond donors (Lipinski definition) is 0. The molecule has 9 heteroatoms. The minimum Gasteiger partial charge on any atom is -0.338 e. The Kier molecular flexibility index (Phi) is 6.98. The summed E-state index contributed by atoms with van der Waals surface area (Å²) < 4.78 is 51.8. The van der Waals surface area contributed by atoms with Gasteiger partial charge < -0.3 is 4.90 Å². The zero-order chi connectivity index (χ0) is 22.9. The van der Waals surface area contributed by atoms with E-state index < -0.39 is 19.9 Å². The molecule has 1 aromatic carbocycles. The van der Waals surface area contributed by atoms with Gasteiger partial charge in [-0.2, -0.15) is 4.31 Å². The molecule has 1 aromatic rings. The number of hydrogen-bond acceptors (Lipinski definition) is 5. The maximum atomic E-state index is 13.2. The van der Waals surface area contributed by atoms with Gasteiger partial charge in [-0.1, -0.05) is 13.0 Å². The zero-order valence-electron chi connectivity index (χ0n) is 18.8. The summed E-state index contributed by atoms with van der Waals surface area (Å²) in [4.78, 5) is 15.3. The number of amides is 1. The van der Waals surface area contributed by atoms with Crippen molar-refractivity contribution in [2.75, 3.05) is 31.1 Å². The van der Waals surface area contributed by atoms with Crippen LogP contribution in [0.2, 0.25) is 0 Å². The predicted octanol–water partition coefficient (Wildman–Crippen LogP) is 2.39. The molecular weight excluding hydrogens is 448 g/mol. The number of rotatable bonds is 6. The first-order valence-corrected chi connectivity index (χ1v) is 15.1. The SMILES string of the molecule is CCCN(C(=O)C1CCN(S(=O)(=O)c2ccc3c(c2)CCCC3)CC1)C1CCS(=O)(=O)C1. The Hall–Kier alpha value is -1.45. The molecular formula is C23H34N2O5S2. The summed E-state index contributed by atoms with van der Waals surface area (Å²) in [6, 6.07) is 5.27. The molecule has 0 N–H and O–H groups in total. The van der Waals surface area contributed by atoms with Crippen LogP contribution < -0.4 is 0 Å². The van der Waals surface area contributed by atoms with Gasteiger partial charge in [-0.15, -0.1) is 0 Å². The number of sulfone groups is 1.